The molecule has 8 nitrogen and oxygen atoms in total. The van der Waals surface area contributed by atoms with Crippen molar-refractivity contribution in [1.82, 2.24) is 20.6 Å². The molecule has 1 unspecified atom stereocenters. The van der Waals surface area contributed by atoms with Crippen LogP contribution in [0.3, 0.4) is 0 Å². The van der Waals surface area contributed by atoms with E-state index in [1.165, 1.54) is 36.6 Å². The van der Waals surface area contributed by atoms with E-state index in [4.69, 9.17) is 4.42 Å². The first-order valence-electron chi connectivity index (χ1n) is 6.66. The zero-order valence-electron chi connectivity index (χ0n) is 12.0. The normalized spacial score (nSPS) is 13.4. The number of sulfone groups is 1. The third-order valence-corrected chi connectivity index (χ3v) is 4.94. The number of tetrazole rings is 1. The Balaban J connectivity index is 1.91. The van der Waals surface area contributed by atoms with E-state index in [1.807, 2.05) is 0 Å². The summed E-state index contributed by atoms with van der Waals surface area (Å²) in [7, 11) is -3.89. The second-order valence-electron chi connectivity index (χ2n) is 4.68. The van der Waals surface area contributed by atoms with E-state index >= 15 is 0 Å². The van der Waals surface area contributed by atoms with E-state index < -0.39 is 21.8 Å². The van der Waals surface area contributed by atoms with Gasteiger partial charge in [0.1, 0.15) is 22.6 Å². The number of halogens is 1. The highest BCUT2D eigenvalue weighted by molar-refractivity contribution is 7.91. The van der Waals surface area contributed by atoms with Gasteiger partial charge >= 0.3 is 0 Å². The van der Waals surface area contributed by atoms with Crippen molar-refractivity contribution in [1.29, 1.82) is 0 Å². The predicted molar refractivity (Wildman–Crippen MR) is 78.7 cm³/mol. The molecule has 0 aliphatic carbocycles. The molecule has 2 aromatic heterocycles. The van der Waals surface area contributed by atoms with Gasteiger partial charge in [0.2, 0.25) is 15.7 Å². The van der Waals surface area contributed by atoms with E-state index in [-0.39, 0.29) is 21.4 Å². The van der Waals surface area contributed by atoms with Crippen LogP contribution in [-0.4, -0.2) is 34.1 Å². The quantitative estimate of drug-likeness (QED) is 0.669. The van der Waals surface area contributed by atoms with Crippen LogP contribution in [0.2, 0.25) is 0 Å². The lowest BCUT2D eigenvalue weighted by Gasteiger charge is -2.03. The van der Waals surface area contributed by atoms with Crippen molar-refractivity contribution >= 4 is 15.9 Å². The van der Waals surface area contributed by atoms with Crippen molar-refractivity contribution in [3.63, 3.8) is 0 Å². The van der Waals surface area contributed by atoms with Crippen LogP contribution in [0.1, 0.15) is 17.7 Å². The van der Waals surface area contributed by atoms with Gasteiger partial charge in [0.15, 0.2) is 0 Å². The summed E-state index contributed by atoms with van der Waals surface area (Å²) in [5, 5.41) is 22.6. The molecule has 124 valence electrons. The number of aliphatic hydroxyl groups is 1. The molecule has 1 atom stereocenters. The molecule has 2 N–H and O–H groups in total. The number of H-pyrrole nitrogens is 1. The molecule has 1 aromatic carbocycles. The van der Waals surface area contributed by atoms with Crippen LogP contribution in [0.25, 0.3) is 6.08 Å². The molecular formula is C14H11FN4O4S. The smallest absolute Gasteiger partial charge is 0.210 e. The van der Waals surface area contributed by atoms with Gasteiger partial charge in [-0.25, -0.2) is 12.8 Å². The fraction of sp³-hybridized carbons (Fsp3) is 0.0714. The maximum absolute atomic E-state index is 13.0. The van der Waals surface area contributed by atoms with Gasteiger partial charge in [-0.3, -0.25) is 0 Å². The van der Waals surface area contributed by atoms with Gasteiger partial charge in [0, 0.05) is 0 Å². The van der Waals surface area contributed by atoms with E-state index in [9.17, 15) is 17.9 Å². The van der Waals surface area contributed by atoms with Gasteiger partial charge in [-0.1, -0.05) is 5.21 Å². The van der Waals surface area contributed by atoms with E-state index in [0.717, 1.165) is 12.1 Å². The van der Waals surface area contributed by atoms with Crippen LogP contribution in [0.15, 0.2) is 56.9 Å². The van der Waals surface area contributed by atoms with Gasteiger partial charge in [-0.05, 0) is 42.5 Å². The summed E-state index contributed by atoms with van der Waals surface area (Å²) < 4.78 is 43.3. The lowest BCUT2D eigenvalue weighted by atomic mass is 10.3. The van der Waals surface area contributed by atoms with Crippen LogP contribution in [0.4, 0.5) is 4.39 Å². The average molecular weight is 350 g/mol. The van der Waals surface area contributed by atoms with Gasteiger partial charge < -0.3 is 9.52 Å². The molecule has 0 spiro atoms. The molecule has 3 aromatic rings. The molecular weight excluding hydrogens is 339 g/mol. The van der Waals surface area contributed by atoms with Crippen molar-refractivity contribution in [3.8, 4) is 0 Å². The SMILES string of the molecule is O=S(=O)(c1ccc(F)cc1)c1ccoc1C=CC(O)c1nn[nH]n1. The number of aliphatic hydroxyl groups excluding tert-OH is 1. The molecule has 0 aliphatic heterocycles. The number of hydrogen-bond acceptors (Lipinski definition) is 7. The highest BCUT2D eigenvalue weighted by Gasteiger charge is 2.23. The minimum Gasteiger partial charge on any atom is -0.464 e. The monoisotopic (exact) mass is 350 g/mol. The highest BCUT2D eigenvalue weighted by atomic mass is 32.2. The fourth-order valence-corrected chi connectivity index (χ4v) is 3.32. The van der Waals surface area contributed by atoms with Gasteiger partial charge in [-0.2, -0.15) is 5.21 Å². The third-order valence-electron chi connectivity index (χ3n) is 3.13. The third kappa shape index (κ3) is 3.09. The van der Waals surface area contributed by atoms with Crippen molar-refractivity contribution in [3.05, 3.63) is 60.1 Å². The summed E-state index contributed by atoms with van der Waals surface area (Å²) in [5.74, 6) is -0.493. The van der Waals surface area contributed by atoms with Crippen LogP contribution >= 0.6 is 0 Å². The van der Waals surface area contributed by atoms with Crippen LogP contribution in [0, 0.1) is 5.82 Å². The Morgan fingerprint density at radius 2 is 2.00 bits per heavy atom. The Bertz CT molecular complexity index is 949. The molecule has 10 heteroatoms. The molecule has 0 saturated carbocycles. The zero-order chi connectivity index (χ0) is 17.2. The van der Waals surface area contributed by atoms with Crippen molar-refractivity contribution in [2.45, 2.75) is 15.9 Å². The summed E-state index contributed by atoms with van der Waals surface area (Å²) in [6, 6.07) is 5.72. The lowest BCUT2D eigenvalue weighted by Crippen LogP contribution is -2.02. The molecule has 0 radical (unpaired) electrons. The number of aromatic nitrogens is 4. The first-order chi connectivity index (χ1) is 11.5. The molecule has 0 bridgehead atoms. The van der Waals surface area contributed by atoms with Crippen LogP contribution < -0.4 is 0 Å². The number of nitrogens with one attached hydrogen (secondary N) is 1. The minimum absolute atomic E-state index is 0.0156. The second-order valence-corrected chi connectivity index (χ2v) is 6.60. The Morgan fingerprint density at radius 3 is 2.67 bits per heavy atom. The maximum Gasteiger partial charge on any atom is 0.210 e. The largest absolute Gasteiger partial charge is 0.464 e. The van der Waals surface area contributed by atoms with E-state index in [1.54, 1.807) is 0 Å². The van der Waals surface area contributed by atoms with E-state index in [2.05, 4.69) is 20.6 Å². The van der Waals surface area contributed by atoms with Crippen LogP contribution in [0.5, 0.6) is 0 Å². The Labute approximate surface area is 135 Å². The number of hydrogen-bond donors (Lipinski definition) is 2. The van der Waals surface area contributed by atoms with Gasteiger partial charge in [-0.15, -0.1) is 10.2 Å². The Morgan fingerprint density at radius 1 is 1.25 bits per heavy atom. The number of nitrogens with zero attached hydrogens (tertiary/aromatic N) is 3. The molecule has 0 fully saturated rings. The average Bonchev–Trinajstić information content (AvgIpc) is 3.24. The van der Waals surface area contributed by atoms with Crippen LogP contribution in [-0.2, 0) is 9.84 Å². The van der Waals surface area contributed by atoms with Crippen molar-refractivity contribution < 1.29 is 22.3 Å². The molecule has 24 heavy (non-hydrogen) atoms. The predicted octanol–water partition coefficient (Wildman–Crippen LogP) is 1.51. The summed E-state index contributed by atoms with van der Waals surface area (Å²) in [6.07, 6.45) is 2.57. The molecule has 0 amide bonds. The van der Waals surface area contributed by atoms with Gasteiger partial charge in [0.25, 0.3) is 0 Å². The topological polar surface area (TPSA) is 122 Å². The number of rotatable bonds is 5. The number of benzene rings is 1. The Kier molecular flexibility index (Phi) is 4.23. The molecule has 0 saturated heterocycles. The first kappa shape index (κ1) is 16.0. The molecule has 2 heterocycles. The van der Waals surface area contributed by atoms with Crippen molar-refractivity contribution in [2.24, 2.45) is 0 Å². The Hall–Kier alpha value is -2.85. The summed E-state index contributed by atoms with van der Waals surface area (Å²) >= 11 is 0. The van der Waals surface area contributed by atoms with Crippen molar-refractivity contribution in [2.75, 3.05) is 0 Å². The number of aromatic amines is 1. The maximum atomic E-state index is 13.0. The molecule has 0 aliphatic rings. The highest BCUT2D eigenvalue weighted by Crippen LogP contribution is 2.26. The van der Waals surface area contributed by atoms with Gasteiger partial charge in [0.05, 0.1) is 11.2 Å². The summed E-state index contributed by atoms with van der Waals surface area (Å²) in [4.78, 5) is -0.177. The molecule has 3 rings (SSSR count). The fourth-order valence-electron chi connectivity index (χ4n) is 1.95. The summed E-state index contributed by atoms with van der Waals surface area (Å²) in [6.45, 7) is 0. The number of furan rings is 1. The first-order valence-corrected chi connectivity index (χ1v) is 8.14. The second kappa shape index (κ2) is 6.34. The minimum atomic E-state index is -3.89. The zero-order valence-corrected chi connectivity index (χ0v) is 12.8. The standard InChI is InChI=1S/C14H11FN4O4S/c15-9-1-3-10(4-2-9)24(21,22)13-7-8-23-12(13)6-5-11(20)14-16-18-19-17-14/h1-8,11,20H,(H,16,17,18,19). The lowest BCUT2D eigenvalue weighted by molar-refractivity contribution is 0.219. The van der Waals surface area contributed by atoms with E-state index in [0.29, 0.717) is 0 Å². The summed E-state index contributed by atoms with van der Waals surface area (Å²) in [5.41, 5.74) is 0.